The number of rotatable bonds is 7. The predicted molar refractivity (Wildman–Crippen MR) is 70.3 cm³/mol. The van der Waals surface area contributed by atoms with Crippen LogP contribution in [0.1, 0.15) is 18.9 Å². The zero-order chi connectivity index (χ0) is 13.4. The molecule has 0 aliphatic carbocycles. The highest BCUT2D eigenvalue weighted by Crippen LogP contribution is 2.28. The molecule has 0 saturated carbocycles. The first-order valence-electron chi connectivity index (χ1n) is 6.13. The maximum Gasteiger partial charge on any atom is 0.317 e. The molecule has 1 aromatic rings. The van der Waals surface area contributed by atoms with Crippen LogP contribution in [-0.2, 0) is 19.7 Å². The Morgan fingerprint density at radius 3 is 2.50 bits per heavy atom. The molecule has 100 valence electrons. The minimum absolute atomic E-state index is 0.205. The summed E-state index contributed by atoms with van der Waals surface area (Å²) in [7, 11) is 1.39. The molecular formula is C14H21NO3. The monoisotopic (exact) mass is 251 g/mol. The van der Waals surface area contributed by atoms with Crippen molar-refractivity contribution in [3.63, 3.8) is 0 Å². The van der Waals surface area contributed by atoms with Gasteiger partial charge in [-0.25, -0.2) is 0 Å². The van der Waals surface area contributed by atoms with Crippen molar-refractivity contribution in [2.45, 2.75) is 18.8 Å². The maximum absolute atomic E-state index is 12.1. The van der Waals surface area contributed by atoms with E-state index in [0.717, 1.165) is 5.56 Å². The summed E-state index contributed by atoms with van der Waals surface area (Å²) in [6, 6.07) is 9.49. The second-order valence-corrected chi connectivity index (χ2v) is 4.09. The Morgan fingerprint density at radius 1 is 1.33 bits per heavy atom. The molecule has 0 aromatic heterocycles. The number of esters is 1. The van der Waals surface area contributed by atoms with Crippen LogP contribution in [0, 0.1) is 0 Å². The van der Waals surface area contributed by atoms with Gasteiger partial charge in [-0.05, 0) is 18.9 Å². The molecule has 1 atom stereocenters. The van der Waals surface area contributed by atoms with Gasteiger partial charge in [0.25, 0.3) is 0 Å². The summed E-state index contributed by atoms with van der Waals surface area (Å²) >= 11 is 0. The van der Waals surface area contributed by atoms with Crippen LogP contribution in [-0.4, -0.2) is 32.8 Å². The SMILES string of the molecule is CCOCCC(CN)(C(=O)OC)c1ccccc1. The van der Waals surface area contributed by atoms with Crippen LogP contribution in [0.15, 0.2) is 30.3 Å². The average Bonchev–Trinajstić information content (AvgIpc) is 2.44. The van der Waals surface area contributed by atoms with Gasteiger partial charge in [0.1, 0.15) is 5.41 Å². The van der Waals surface area contributed by atoms with Crippen molar-refractivity contribution < 1.29 is 14.3 Å². The van der Waals surface area contributed by atoms with Crippen molar-refractivity contribution in [2.24, 2.45) is 5.73 Å². The molecule has 0 bridgehead atoms. The van der Waals surface area contributed by atoms with Crippen LogP contribution < -0.4 is 5.73 Å². The van der Waals surface area contributed by atoms with E-state index in [1.54, 1.807) is 0 Å². The number of hydrogen-bond acceptors (Lipinski definition) is 4. The molecule has 1 aromatic carbocycles. The number of hydrogen-bond donors (Lipinski definition) is 1. The van der Waals surface area contributed by atoms with E-state index in [0.29, 0.717) is 19.6 Å². The lowest BCUT2D eigenvalue weighted by Crippen LogP contribution is -2.44. The molecule has 0 spiro atoms. The summed E-state index contributed by atoms with van der Waals surface area (Å²) in [6.45, 7) is 3.23. The Morgan fingerprint density at radius 2 is 2.00 bits per heavy atom. The van der Waals surface area contributed by atoms with Crippen LogP contribution >= 0.6 is 0 Å². The van der Waals surface area contributed by atoms with Crippen LogP contribution in [0.4, 0.5) is 0 Å². The van der Waals surface area contributed by atoms with Gasteiger partial charge in [0.15, 0.2) is 0 Å². The van der Waals surface area contributed by atoms with Gasteiger partial charge >= 0.3 is 5.97 Å². The zero-order valence-electron chi connectivity index (χ0n) is 11.0. The van der Waals surface area contributed by atoms with E-state index in [2.05, 4.69) is 0 Å². The Kier molecular flexibility index (Phi) is 5.82. The standard InChI is InChI=1S/C14H21NO3/c1-3-18-10-9-14(11-15,13(16)17-2)12-7-5-4-6-8-12/h4-8H,3,9-11,15H2,1-2H3. The molecule has 1 unspecified atom stereocenters. The Hall–Kier alpha value is -1.39. The van der Waals surface area contributed by atoms with Crippen molar-refractivity contribution in [1.29, 1.82) is 0 Å². The molecule has 0 radical (unpaired) electrons. The summed E-state index contributed by atoms with van der Waals surface area (Å²) in [6.07, 6.45) is 0.522. The van der Waals surface area contributed by atoms with Gasteiger partial charge in [0, 0.05) is 19.8 Å². The second kappa shape index (κ2) is 7.13. The summed E-state index contributed by atoms with van der Waals surface area (Å²) in [4.78, 5) is 12.1. The lowest BCUT2D eigenvalue weighted by atomic mass is 9.78. The van der Waals surface area contributed by atoms with Gasteiger partial charge in [0.05, 0.1) is 7.11 Å². The largest absolute Gasteiger partial charge is 0.468 e. The first-order valence-corrected chi connectivity index (χ1v) is 6.13. The number of carbonyl (C=O) groups excluding carboxylic acids is 1. The van der Waals surface area contributed by atoms with Crippen LogP contribution in [0.5, 0.6) is 0 Å². The van der Waals surface area contributed by atoms with E-state index in [1.807, 2.05) is 37.3 Å². The van der Waals surface area contributed by atoms with E-state index in [4.69, 9.17) is 15.2 Å². The molecule has 2 N–H and O–H groups in total. The first kappa shape index (κ1) is 14.7. The number of ether oxygens (including phenoxy) is 2. The van der Waals surface area contributed by atoms with Crippen molar-refractivity contribution in [3.8, 4) is 0 Å². The third kappa shape index (κ3) is 3.09. The predicted octanol–water partition coefficient (Wildman–Crippen LogP) is 1.48. The van der Waals surface area contributed by atoms with E-state index in [-0.39, 0.29) is 12.5 Å². The second-order valence-electron chi connectivity index (χ2n) is 4.09. The van der Waals surface area contributed by atoms with E-state index in [1.165, 1.54) is 7.11 Å². The summed E-state index contributed by atoms with van der Waals surface area (Å²) in [5, 5.41) is 0. The van der Waals surface area contributed by atoms with Crippen molar-refractivity contribution in [2.75, 3.05) is 26.9 Å². The van der Waals surface area contributed by atoms with Crippen molar-refractivity contribution in [1.82, 2.24) is 0 Å². The maximum atomic E-state index is 12.1. The molecule has 0 heterocycles. The Bertz CT molecular complexity index is 367. The van der Waals surface area contributed by atoms with Crippen LogP contribution in [0.3, 0.4) is 0 Å². The minimum Gasteiger partial charge on any atom is -0.468 e. The fourth-order valence-electron chi connectivity index (χ4n) is 2.01. The molecule has 0 amide bonds. The molecule has 18 heavy (non-hydrogen) atoms. The van der Waals surface area contributed by atoms with Gasteiger partial charge in [-0.15, -0.1) is 0 Å². The summed E-state index contributed by atoms with van der Waals surface area (Å²) in [5.74, 6) is -0.309. The average molecular weight is 251 g/mol. The molecular weight excluding hydrogens is 230 g/mol. The molecule has 0 aliphatic rings. The number of nitrogens with two attached hydrogens (primary N) is 1. The molecule has 1 rings (SSSR count). The molecule has 0 fully saturated rings. The van der Waals surface area contributed by atoms with Gasteiger partial charge < -0.3 is 15.2 Å². The van der Waals surface area contributed by atoms with Crippen molar-refractivity contribution in [3.05, 3.63) is 35.9 Å². The van der Waals surface area contributed by atoms with Crippen LogP contribution in [0.25, 0.3) is 0 Å². The van der Waals surface area contributed by atoms with E-state index < -0.39 is 5.41 Å². The number of carbonyl (C=O) groups is 1. The quantitative estimate of drug-likeness (QED) is 0.589. The lowest BCUT2D eigenvalue weighted by Gasteiger charge is -2.30. The number of methoxy groups -OCH3 is 1. The Labute approximate surface area is 108 Å². The number of benzene rings is 1. The Balaban J connectivity index is 3.02. The third-order valence-corrected chi connectivity index (χ3v) is 3.13. The van der Waals surface area contributed by atoms with Gasteiger partial charge in [-0.2, -0.15) is 0 Å². The van der Waals surface area contributed by atoms with Gasteiger partial charge in [0.2, 0.25) is 0 Å². The van der Waals surface area contributed by atoms with Gasteiger partial charge in [-0.1, -0.05) is 30.3 Å². The summed E-state index contributed by atoms with van der Waals surface area (Å²) < 4.78 is 10.3. The topological polar surface area (TPSA) is 61.5 Å². The van der Waals surface area contributed by atoms with Crippen LogP contribution in [0.2, 0.25) is 0 Å². The highest BCUT2D eigenvalue weighted by molar-refractivity contribution is 5.83. The summed E-state index contributed by atoms with van der Waals surface area (Å²) in [5.41, 5.74) is 5.90. The molecule has 4 heteroatoms. The highest BCUT2D eigenvalue weighted by atomic mass is 16.5. The molecule has 0 saturated heterocycles. The fraction of sp³-hybridized carbons (Fsp3) is 0.500. The van der Waals surface area contributed by atoms with E-state index >= 15 is 0 Å². The van der Waals surface area contributed by atoms with Gasteiger partial charge in [-0.3, -0.25) is 4.79 Å². The minimum atomic E-state index is -0.814. The fourth-order valence-corrected chi connectivity index (χ4v) is 2.01. The normalized spacial score (nSPS) is 13.9. The highest BCUT2D eigenvalue weighted by Gasteiger charge is 2.39. The zero-order valence-corrected chi connectivity index (χ0v) is 11.0. The lowest BCUT2D eigenvalue weighted by molar-refractivity contribution is -0.148. The third-order valence-electron chi connectivity index (χ3n) is 3.13. The smallest absolute Gasteiger partial charge is 0.317 e. The first-order chi connectivity index (χ1) is 8.71. The molecule has 4 nitrogen and oxygen atoms in total. The van der Waals surface area contributed by atoms with Crippen molar-refractivity contribution >= 4 is 5.97 Å². The van der Waals surface area contributed by atoms with E-state index in [9.17, 15) is 4.79 Å². The molecule has 0 aliphatic heterocycles.